The van der Waals surface area contributed by atoms with E-state index in [0.717, 1.165) is 22.4 Å². The van der Waals surface area contributed by atoms with Gasteiger partial charge < -0.3 is 9.62 Å². The molecule has 25 heavy (non-hydrogen) atoms. The molecule has 1 aliphatic rings. The molecule has 1 heterocycles. The van der Waals surface area contributed by atoms with E-state index < -0.39 is 11.0 Å². The predicted octanol–water partition coefficient (Wildman–Crippen LogP) is 3.09. The van der Waals surface area contributed by atoms with E-state index in [2.05, 4.69) is 11.3 Å². The highest BCUT2D eigenvalue weighted by atomic mass is 32.2. The summed E-state index contributed by atoms with van der Waals surface area (Å²) in [7, 11) is -1.15. The molecule has 6 heteroatoms. The average molecular weight is 351 g/mol. The van der Waals surface area contributed by atoms with Gasteiger partial charge in [0, 0.05) is 29.6 Å². The van der Waals surface area contributed by atoms with Crippen LogP contribution >= 0.6 is 0 Å². The summed E-state index contributed by atoms with van der Waals surface area (Å²) < 4.78 is 14.3. The second-order valence-electron chi connectivity index (χ2n) is 5.85. The van der Waals surface area contributed by atoms with E-state index in [9.17, 15) is 9.00 Å². The van der Waals surface area contributed by atoms with E-state index in [1.165, 1.54) is 0 Å². The highest BCUT2D eigenvalue weighted by molar-refractivity contribution is 7.85. The van der Waals surface area contributed by atoms with E-state index in [4.69, 9.17) is 5.26 Å². The molecule has 0 aliphatic carbocycles. The van der Waals surface area contributed by atoms with Crippen LogP contribution < -0.4 is 4.72 Å². The van der Waals surface area contributed by atoms with E-state index in [0.29, 0.717) is 17.7 Å². The molecule has 0 spiro atoms. The molecule has 3 rings (SSSR count). The monoisotopic (exact) mass is 351 g/mol. The van der Waals surface area contributed by atoms with Gasteiger partial charge in [0.05, 0.1) is 12.6 Å². The Morgan fingerprint density at radius 3 is 2.76 bits per heavy atom. The molecular weight excluding hydrogens is 334 g/mol. The molecule has 2 aromatic carbocycles. The van der Waals surface area contributed by atoms with E-state index in [1.807, 2.05) is 42.5 Å². The fourth-order valence-electron chi connectivity index (χ4n) is 2.97. The van der Waals surface area contributed by atoms with Gasteiger partial charge in [0.15, 0.2) is 0 Å². The summed E-state index contributed by atoms with van der Waals surface area (Å²) in [5.41, 5.74) is 4.62. The molecular formula is C19H17N3O2S. The smallest absolute Gasteiger partial charge is 0.254 e. The molecule has 0 saturated carbocycles. The van der Waals surface area contributed by atoms with Gasteiger partial charge in [-0.25, -0.2) is 4.21 Å². The molecule has 0 bridgehead atoms. The molecule has 1 aliphatic heterocycles. The summed E-state index contributed by atoms with van der Waals surface area (Å²) in [5, 5.41) is 8.91. The number of amides is 1. The third kappa shape index (κ3) is 3.47. The van der Waals surface area contributed by atoms with Gasteiger partial charge in [0.1, 0.15) is 11.0 Å². The molecule has 1 atom stereocenters. The predicted molar refractivity (Wildman–Crippen MR) is 99.1 cm³/mol. The zero-order valence-electron chi connectivity index (χ0n) is 13.8. The van der Waals surface area contributed by atoms with Gasteiger partial charge >= 0.3 is 0 Å². The van der Waals surface area contributed by atoms with Crippen molar-refractivity contribution in [3.63, 3.8) is 0 Å². The maximum atomic E-state index is 12.6. The second-order valence-corrected chi connectivity index (χ2v) is 6.96. The number of fused-ring (bicyclic) bond motifs is 1. The Morgan fingerprint density at radius 1 is 1.32 bits per heavy atom. The van der Waals surface area contributed by atoms with Crippen molar-refractivity contribution in [1.82, 2.24) is 4.90 Å². The van der Waals surface area contributed by atoms with E-state index in [-0.39, 0.29) is 12.5 Å². The first-order valence-electron chi connectivity index (χ1n) is 7.69. The highest BCUT2D eigenvalue weighted by Crippen LogP contribution is 2.33. The van der Waals surface area contributed by atoms with Gasteiger partial charge in [-0.3, -0.25) is 4.79 Å². The van der Waals surface area contributed by atoms with Crippen LogP contribution in [0.2, 0.25) is 0 Å². The van der Waals surface area contributed by atoms with Crippen molar-refractivity contribution >= 4 is 22.6 Å². The topological polar surface area (TPSA) is 73.2 Å². The van der Waals surface area contributed by atoms with Gasteiger partial charge in [-0.1, -0.05) is 30.8 Å². The lowest BCUT2D eigenvalue weighted by molar-refractivity contribution is 0.0794. The van der Waals surface area contributed by atoms with Crippen molar-refractivity contribution in [2.45, 2.75) is 6.54 Å². The lowest BCUT2D eigenvalue weighted by Gasteiger charge is -2.14. The number of carbonyl (C=O) groups is 1. The Kier molecular flexibility index (Phi) is 4.68. The minimum Gasteiger partial charge on any atom is -0.329 e. The van der Waals surface area contributed by atoms with Crippen molar-refractivity contribution in [2.24, 2.45) is 0 Å². The number of nitrogens with zero attached hydrogens (tertiary/aromatic N) is 2. The number of hydrogen-bond acceptors (Lipinski definition) is 3. The highest BCUT2D eigenvalue weighted by Gasteiger charge is 2.29. The minimum absolute atomic E-state index is 0.0859. The molecule has 1 amide bonds. The number of benzene rings is 2. The largest absolute Gasteiger partial charge is 0.329 e. The molecule has 0 aromatic heterocycles. The number of carbonyl (C=O) groups excluding carboxylic acids is 1. The molecule has 5 nitrogen and oxygen atoms in total. The SMILES string of the molecule is C=C(C#N)CN1Cc2c(cccc2-c2cccc(NS(C)=O)c2)C1=O. The normalized spacial score (nSPS) is 13.9. The van der Waals surface area contributed by atoms with Crippen LogP contribution in [0.1, 0.15) is 15.9 Å². The Bertz CT molecular complexity index is 931. The average Bonchev–Trinajstić information content (AvgIpc) is 2.90. The van der Waals surface area contributed by atoms with Gasteiger partial charge in [-0.2, -0.15) is 5.26 Å². The molecule has 0 saturated heterocycles. The van der Waals surface area contributed by atoms with Crippen LogP contribution in [0, 0.1) is 11.3 Å². The van der Waals surface area contributed by atoms with Crippen LogP contribution in [0.4, 0.5) is 5.69 Å². The van der Waals surface area contributed by atoms with Gasteiger partial charge in [-0.05, 0) is 34.9 Å². The van der Waals surface area contributed by atoms with Crippen molar-refractivity contribution in [3.8, 4) is 17.2 Å². The number of nitriles is 1. The van der Waals surface area contributed by atoms with Gasteiger partial charge in [-0.15, -0.1) is 0 Å². The third-order valence-corrected chi connectivity index (χ3v) is 4.54. The summed E-state index contributed by atoms with van der Waals surface area (Å²) in [6.07, 6.45) is 1.57. The summed E-state index contributed by atoms with van der Waals surface area (Å²) in [6, 6.07) is 15.2. The quantitative estimate of drug-likeness (QED) is 0.841. The first-order chi connectivity index (χ1) is 12.0. The van der Waals surface area contributed by atoms with Crippen molar-refractivity contribution in [1.29, 1.82) is 5.26 Å². The zero-order chi connectivity index (χ0) is 18.0. The second kappa shape index (κ2) is 6.91. The van der Waals surface area contributed by atoms with Crippen LogP contribution in [0.25, 0.3) is 11.1 Å². The lowest BCUT2D eigenvalue weighted by atomic mass is 9.97. The van der Waals surface area contributed by atoms with Gasteiger partial charge in [0.2, 0.25) is 0 Å². The van der Waals surface area contributed by atoms with Crippen LogP contribution in [0.5, 0.6) is 0 Å². The van der Waals surface area contributed by atoms with Crippen molar-refractivity contribution < 1.29 is 9.00 Å². The molecule has 0 fully saturated rings. The fourth-order valence-corrected chi connectivity index (χ4v) is 3.43. The number of hydrogen-bond donors (Lipinski definition) is 1. The standard InChI is InChI=1S/C19H17N3O2S/c1-13(10-20)11-22-12-18-16(7-4-8-17(18)19(22)23)14-5-3-6-15(9-14)21-25(2)24/h3-9,21H,1,11-12H2,2H3. The maximum Gasteiger partial charge on any atom is 0.254 e. The van der Waals surface area contributed by atoms with Crippen LogP contribution in [-0.4, -0.2) is 27.8 Å². The minimum atomic E-state index is -1.15. The van der Waals surface area contributed by atoms with E-state index in [1.54, 1.807) is 17.2 Å². The Morgan fingerprint density at radius 2 is 2.04 bits per heavy atom. The molecule has 1 unspecified atom stereocenters. The number of nitrogens with one attached hydrogen (secondary N) is 1. The third-order valence-electron chi connectivity index (χ3n) is 4.02. The van der Waals surface area contributed by atoms with E-state index >= 15 is 0 Å². The fraction of sp³-hybridized carbons (Fsp3) is 0.158. The van der Waals surface area contributed by atoms with Crippen LogP contribution in [0.3, 0.4) is 0 Å². The summed E-state index contributed by atoms with van der Waals surface area (Å²) in [6.45, 7) is 4.34. The lowest BCUT2D eigenvalue weighted by Crippen LogP contribution is -2.25. The molecule has 126 valence electrons. The molecule has 2 aromatic rings. The molecule has 1 N–H and O–H groups in total. The first kappa shape index (κ1) is 16.9. The summed E-state index contributed by atoms with van der Waals surface area (Å²) in [5.74, 6) is -0.0859. The summed E-state index contributed by atoms with van der Waals surface area (Å²) >= 11 is 0. The molecule has 0 radical (unpaired) electrons. The Balaban J connectivity index is 1.98. The van der Waals surface area contributed by atoms with Crippen LogP contribution in [-0.2, 0) is 17.5 Å². The number of anilines is 1. The Hall–Kier alpha value is -2.91. The Labute approximate surface area is 149 Å². The zero-order valence-corrected chi connectivity index (χ0v) is 14.6. The summed E-state index contributed by atoms with van der Waals surface area (Å²) in [4.78, 5) is 14.2. The maximum absolute atomic E-state index is 12.6. The van der Waals surface area contributed by atoms with Crippen LogP contribution in [0.15, 0.2) is 54.6 Å². The van der Waals surface area contributed by atoms with Gasteiger partial charge in [0.25, 0.3) is 5.91 Å². The number of rotatable bonds is 5. The van der Waals surface area contributed by atoms with Crippen molar-refractivity contribution in [2.75, 3.05) is 17.5 Å². The van der Waals surface area contributed by atoms with Crippen molar-refractivity contribution in [3.05, 3.63) is 65.7 Å². The first-order valence-corrected chi connectivity index (χ1v) is 9.25.